The number of aryl methyl sites for hydroxylation is 1. The smallest absolute Gasteiger partial charge is 0.251 e. The third kappa shape index (κ3) is 3.59. The lowest BCUT2D eigenvalue weighted by Crippen LogP contribution is -2.33. The van der Waals surface area contributed by atoms with Crippen molar-refractivity contribution in [1.29, 1.82) is 0 Å². The van der Waals surface area contributed by atoms with E-state index < -0.39 is 0 Å². The average Bonchev–Trinajstić information content (AvgIpc) is 2.77. The summed E-state index contributed by atoms with van der Waals surface area (Å²) in [4.78, 5) is 36.1. The number of hydrogen-bond acceptors (Lipinski definition) is 4. The van der Waals surface area contributed by atoms with E-state index in [1.807, 2.05) is 6.92 Å². The minimum absolute atomic E-state index is 0.127. The molecule has 1 fully saturated rings. The molecule has 1 heterocycles. The van der Waals surface area contributed by atoms with Crippen molar-refractivity contribution in [2.75, 3.05) is 18.8 Å². The Morgan fingerprint density at radius 1 is 1.29 bits per heavy atom. The van der Waals surface area contributed by atoms with Crippen LogP contribution in [-0.4, -0.2) is 35.7 Å². The number of carbonyl (C=O) groups excluding carboxylic acids is 3. The number of nitrogens with two attached hydrogens (primary N) is 1. The number of carbonyl (C=O) groups is 3. The van der Waals surface area contributed by atoms with E-state index in [1.165, 1.54) is 4.90 Å². The molecule has 112 valence electrons. The predicted molar refractivity (Wildman–Crippen MR) is 78.5 cm³/mol. The zero-order valence-corrected chi connectivity index (χ0v) is 12.0. The molecule has 0 atom stereocenters. The minimum atomic E-state index is -0.195. The van der Waals surface area contributed by atoms with Gasteiger partial charge in [-0.25, -0.2) is 0 Å². The summed E-state index contributed by atoms with van der Waals surface area (Å²) in [6.45, 7) is 2.61. The Kier molecular flexibility index (Phi) is 4.57. The Labute approximate surface area is 123 Å². The summed E-state index contributed by atoms with van der Waals surface area (Å²) in [5.41, 5.74) is 7.61. The highest BCUT2D eigenvalue weighted by atomic mass is 16.2. The standard InChI is InChI=1S/C15H19N3O3/c1-10-3-4-11(16)9-12(10)15(21)17-7-2-8-18-13(19)5-6-14(18)20/h3-4,9H,2,5-8,16H2,1H3,(H,17,21). The first-order chi connectivity index (χ1) is 9.99. The van der Waals surface area contributed by atoms with Gasteiger partial charge in [-0.2, -0.15) is 0 Å². The number of likely N-dealkylation sites (tertiary alicyclic amines) is 1. The average molecular weight is 289 g/mol. The molecule has 1 saturated heterocycles. The van der Waals surface area contributed by atoms with Gasteiger partial charge < -0.3 is 11.1 Å². The van der Waals surface area contributed by atoms with Crippen LogP contribution in [0.5, 0.6) is 0 Å². The number of nitrogens with one attached hydrogen (secondary N) is 1. The van der Waals surface area contributed by atoms with Crippen LogP contribution in [0.15, 0.2) is 18.2 Å². The van der Waals surface area contributed by atoms with Gasteiger partial charge in [0.25, 0.3) is 5.91 Å². The van der Waals surface area contributed by atoms with Gasteiger partial charge in [-0.15, -0.1) is 0 Å². The van der Waals surface area contributed by atoms with Crippen LogP contribution in [0.4, 0.5) is 5.69 Å². The van der Waals surface area contributed by atoms with Crippen LogP contribution in [0.2, 0.25) is 0 Å². The fourth-order valence-electron chi connectivity index (χ4n) is 2.29. The highest BCUT2D eigenvalue weighted by molar-refractivity contribution is 6.01. The van der Waals surface area contributed by atoms with Gasteiger partial charge in [-0.05, 0) is 31.0 Å². The molecule has 1 aromatic carbocycles. The maximum absolute atomic E-state index is 12.0. The molecule has 0 bridgehead atoms. The van der Waals surface area contributed by atoms with Crippen LogP contribution in [0.25, 0.3) is 0 Å². The van der Waals surface area contributed by atoms with Crippen LogP contribution in [-0.2, 0) is 9.59 Å². The summed E-state index contributed by atoms with van der Waals surface area (Å²) >= 11 is 0. The highest BCUT2D eigenvalue weighted by Crippen LogP contribution is 2.13. The van der Waals surface area contributed by atoms with E-state index in [-0.39, 0.29) is 17.7 Å². The lowest BCUT2D eigenvalue weighted by atomic mass is 10.1. The summed E-state index contributed by atoms with van der Waals surface area (Å²) in [5.74, 6) is -0.449. The lowest BCUT2D eigenvalue weighted by Gasteiger charge is -2.14. The Balaban J connectivity index is 1.81. The Hall–Kier alpha value is -2.37. The molecule has 6 heteroatoms. The molecule has 0 aliphatic carbocycles. The molecule has 0 unspecified atom stereocenters. The first kappa shape index (κ1) is 15.0. The van der Waals surface area contributed by atoms with Gasteiger partial charge >= 0.3 is 0 Å². The molecule has 1 aromatic rings. The van der Waals surface area contributed by atoms with Crippen molar-refractivity contribution >= 4 is 23.4 Å². The molecule has 3 N–H and O–H groups in total. The number of hydrogen-bond donors (Lipinski definition) is 2. The number of amides is 3. The summed E-state index contributed by atoms with van der Waals surface area (Å²) in [6.07, 6.45) is 1.14. The van der Waals surface area contributed by atoms with Crippen LogP contribution in [0, 0.1) is 6.92 Å². The van der Waals surface area contributed by atoms with Crippen molar-refractivity contribution in [3.8, 4) is 0 Å². The second-order valence-electron chi connectivity index (χ2n) is 5.12. The molecule has 1 aliphatic heterocycles. The minimum Gasteiger partial charge on any atom is -0.399 e. The quantitative estimate of drug-likeness (QED) is 0.477. The van der Waals surface area contributed by atoms with Gasteiger partial charge in [0.1, 0.15) is 0 Å². The maximum Gasteiger partial charge on any atom is 0.251 e. The van der Waals surface area contributed by atoms with Gasteiger partial charge in [0.15, 0.2) is 0 Å². The fraction of sp³-hybridized carbons (Fsp3) is 0.400. The van der Waals surface area contributed by atoms with E-state index in [0.29, 0.717) is 43.6 Å². The second kappa shape index (κ2) is 6.39. The van der Waals surface area contributed by atoms with Crippen molar-refractivity contribution in [2.45, 2.75) is 26.2 Å². The summed E-state index contributed by atoms with van der Waals surface area (Å²) in [5, 5.41) is 2.78. The molecule has 21 heavy (non-hydrogen) atoms. The molecule has 1 aliphatic rings. The first-order valence-corrected chi connectivity index (χ1v) is 6.96. The third-order valence-corrected chi connectivity index (χ3v) is 3.51. The number of benzene rings is 1. The number of nitrogen functional groups attached to an aromatic ring is 1. The van der Waals surface area contributed by atoms with E-state index >= 15 is 0 Å². The number of nitrogens with zero attached hydrogens (tertiary/aromatic N) is 1. The van der Waals surface area contributed by atoms with Crippen LogP contribution < -0.4 is 11.1 Å². The molecule has 0 spiro atoms. The monoisotopic (exact) mass is 289 g/mol. The van der Waals surface area contributed by atoms with Crippen molar-refractivity contribution in [1.82, 2.24) is 10.2 Å². The van der Waals surface area contributed by atoms with Gasteiger partial charge in [0.05, 0.1) is 0 Å². The Morgan fingerprint density at radius 2 is 1.95 bits per heavy atom. The summed E-state index contributed by atoms with van der Waals surface area (Å²) in [7, 11) is 0. The summed E-state index contributed by atoms with van der Waals surface area (Å²) < 4.78 is 0. The molecule has 6 nitrogen and oxygen atoms in total. The second-order valence-corrected chi connectivity index (χ2v) is 5.12. The molecule has 3 amide bonds. The van der Waals surface area contributed by atoms with E-state index in [1.54, 1.807) is 18.2 Å². The van der Waals surface area contributed by atoms with E-state index in [0.717, 1.165) is 5.56 Å². The predicted octanol–water partition coefficient (Wildman–Crippen LogP) is 0.846. The molecule has 2 rings (SSSR count). The lowest BCUT2D eigenvalue weighted by molar-refractivity contribution is -0.138. The third-order valence-electron chi connectivity index (χ3n) is 3.51. The van der Waals surface area contributed by atoms with E-state index in [2.05, 4.69) is 5.32 Å². The zero-order valence-electron chi connectivity index (χ0n) is 12.0. The Morgan fingerprint density at radius 3 is 2.62 bits per heavy atom. The normalized spacial score (nSPS) is 14.6. The van der Waals surface area contributed by atoms with Gasteiger partial charge in [0, 0.05) is 37.2 Å². The van der Waals surface area contributed by atoms with Crippen molar-refractivity contribution in [3.63, 3.8) is 0 Å². The van der Waals surface area contributed by atoms with Crippen molar-refractivity contribution in [2.24, 2.45) is 0 Å². The zero-order chi connectivity index (χ0) is 15.4. The van der Waals surface area contributed by atoms with Gasteiger partial charge in [0.2, 0.25) is 11.8 Å². The summed E-state index contributed by atoms with van der Waals surface area (Å²) in [6, 6.07) is 5.18. The Bertz CT molecular complexity index is 568. The SMILES string of the molecule is Cc1ccc(N)cc1C(=O)NCCCN1C(=O)CCC1=O. The highest BCUT2D eigenvalue weighted by Gasteiger charge is 2.27. The van der Waals surface area contributed by atoms with E-state index in [4.69, 9.17) is 5.73 Å². The topological polar surface area (TPSA) is 92.5 Å². The molecule has 0 saturated carbocycles. The number of imide groups is 1. The van der Waals surface area contributed by atoms with E-state index in [9.17, 15) is 14.4 Å². The molecular formula is C15H19N3O3. The molecular weight excluding hydrogens is 270 g/mol. The van der Waals surface area contributed by atoms with Gasteiger partial charge in [-0.3, -0.25) is 19.3 Å². The molecule has 0 aromatic heterocycles. The van der Waals surface area contributed by atoms with Crippen LogP contribution in [0.3, 0.4) is 0 Å². The maximum atomic E-state index is 12.0. The van der Waals surface area contributed by atoms with Crippen molar-refractivity contribution < 1.29 is 14.4 Å². The van der Waals surface area contributed by atoms with Crippen LogP contribution in [0.1, 0.15) is 35.2 Å². The van der Waals surface area contributed by atoms with Crippen LogP contribution >= 0.6 is 0 Å². The largest absolute Gasteiger partial charge is 0.399 e. The first-order valence-electron chi connectivity index (χ1n) is 6.96. The molecule has 0 radical (unpaired) electrons. The van der Waals surface area contributed by atoms with Gasteiger partial charge in [-0.1, -0.05) is 6.07 Å². The van der Waals surface area contributed by atoms with Crippen molar-refractivity contribution in [3.05, 3.63) is 29.3 Å². The number of rotatable bonds is 5. The number of anilines is 1. The fourth-order valence-corrected chi connectivity index (χ4v) is 2.29.